The molecular weight excluding hydrogens is 410 g/mol. The molecule has 1 aliphatic heterocycles. The van der Waals surface area contributed by atoms with Crippen LogP contribution in [0.1, 0.15) is 37.9 Å². The second-order valence-corrected chi connectivity index (χ2v) is 8.82. The van der Waals surface area contributed by atoms with E-state index in [-0.39, 0.29) is 36.3 Å². The number of amides is 1. The average molecular weight is 446 g/mol. The molecule has 2 heterocycles. The van der Waals surface area contributed by atoms with Gasteiger partial charge in [-0.05, 0) is 38.1 Å². The predicted octanol–water partition coefficient (Wildman–Crippen LogP) is 1.64. The van der Waals surface area contributed by atoms with Gasteiger partial charge in [-0.1, -0.05) is 24.3 Å². The second-order valence-electron chi connectivity index (χ2n) is 8.82. The van der Waals surface area contributed by atoms with Crippen LogP contribution in [0.25, 0.3) is 0 Å². The minimum Gasteiger partial charge on any atom is -0.508 e. The van der Waals surface area contributed by atoms with Crippen molar-refractivity contribution in [3.8, 4) is 5.75 Å². The minimum atomic E-state index is -0.250. The monoisotopic (exact) mass is 445 g/mol. The first-order valence-corrected chi connectivity index (χ1v) is 11.2. The second kappa shape index (κ2) is 11.4. The molecule has 3 atom stereocenters. The van der Waals surface area contributed by atoms with E-state index in [9.17, 15) is 15.0 Å². The summed E-state index contributed by atoms with van der Waals surface area (Å²) in [4.78, 5) is 16.9. The van der Waals surface area contributed by atoms with Gasteiger partial charge in [0.2, 0.25) is 5.91 Å². The van der Waals surface area contributed by atoms with Gasteiger partial charge in [0, 0.05) is 38.5 Å². The largest absolute Gasteiger partial charge is 0.508 e. The molecule has 2 N–H and O–H groups in total. The fraction of sp³-hybridized carbons (Fsp3) is 0.609. The summed E-state index contributed by atoms with van der Waals surface area (Å²) in [6.45, 7) is 6.70. The van der Waals surface area contributed by atoms with Gasteiger partial charge in [-0.25, -0.2) is 4.68 Å². The number of phenols is 1. The summed E-state index contributed by atoms with van der Waals surface area (Å²) in [5.41, 5.74) is 1.91. The zero-order valence-electron chi connectivity index (χ0n) is 19.2. The molecule has 1 aliphatic rings. The number of aliphatic hydroxyl groups excluding tert-OH is 1. The van der Waals surface area contributed by atoms with Crippen LogP contribution in [0, 0.1) is 5.92 Å². The predicted molar refractivity (Wildman–Crippen MR) is 120 cm³/mol. The highest BCUT2D eigenvalue weighted by Gasteiger charge is 2.28. The van der Waals surface area contributed by atoms with Crippen LogP contribution in [0.15, 0.2) is 30.5 Å². The SMILES string of the molecule is C[C@H]1CN([C@@H](C)CO)C(=O)CCCn2nncc2CO[C@@H]1CN(C)Cc1cccc(O)c1. The normalized spacial score (nSPS) is 21.7. The van der Waals surface area contributed by atoms with Crippen LogP contribution in [0.3, 0.4) is 0 Å². The number of ether oxygens (including phenoxy) is 1. The molecule has 3 rings (SSSR count). The number of phenolic OH excluding ortho intramolecular Hbond substituents is 1. The molecule has 9 heteroatoms. The first-order valence-electron chi connectivity index (χ1n) is 11.2. The van der Waals surface area contributed by atoms with Gasteiger partial charge in [-0.15, -0.1) is 5.10 Å². The molecule has 1 amide bonds. The van der Waals surface area contributed by atoms with Crippen molar-refractivity contribution in [3.63, 3.8) is 0 Å². The van der Waals surface area contributed by atoms with Gasteiger partial charge in [0.05, 0.1) is 37.3 Å². The maximum atomic E-state index is 12.9. The van der Waals surface area contributed by atoms with Crippen molar-refractivity contribution in [1.82, 2.24) is 24.8 Å². The van der Waals surface area contributed by atoms with E-state index in [0.29, 0.717) is 45.6 Å². The van der Waals surface area contributed by atoms with Crippen LogP contribution >= 0.6 is 0 Å². The standard InChI is InChI=1S/C23H35N5O4/c1-17-12-27(18(2)15-29)23(31)8-5-9-28-20(11-24-25-28)16-32-22(17)14-26(3)13-19-6-4-7-21(30)10-19/h4,6-7,10-11,17-18,22,29-30H,5,8-9,12-16H2,1-3H3/t17-,18-,22+/m0/s1. The van der Waals surface area contributed by atoms with Crippen LogP contribution in [0.2, 0.25) is 0 Å². The van der Waals surface area contributed by atoms with Crippen molar-refractivity contribution < 1.29 is 19.7 Å². The summed E-state index contributed by atoms with van der Waals surface area (Å²) >= 11 is 0. The van der Waals surface area contributed by atoms with E-state index >= 15 is 0 Å². The lowest BCUT2D eigenvalue weighted by atomic mass is 10.0. The number of carbonyl (C=O) groups excluding carboxylic acids is 1. The molecule has 176 valence electrons. The summed E-state index contributed by atoms with van der Waals surface area (Å²) in [6, 6.07) is 6.99. The van der Waals surface area contributed by atoms with Gasteiger partial charge >= 0.3 is 0 Å². The molecule has 0 saturated heterocycles. The Bertz CT molecular complexity index is 874. The van der Waals surface area contributed by atoms with E-state index in [1.807, 2.05) is 26.1 Å². The number of rotatable bonds is 6. The molecular formula is C23H35N5O4. The lowest BCUT2D eigenvalue weighted by Crippen LogP contribution is -2.47. The molecule has 0 fully saturated rings. The molecule has 2 aromatic rings. The van der Waals surface area contributed by atoms with Crippen LogP contribution in [-0.4, -0.2) is 79.8 Å². The smallest absolute Gasteiger partial charge is 0.222 e. The fourth-order valence-corrected chi connectivity index (χ4v) is 4.08. The van der Waals surface area contributed by atoms with Gasteiger partial charge < -0.3 is 19.8 Å². The third-order valence-electron chi connectivity index (χ3n) is 5.99. The number of aryl methyl sites for hydroxylation is 1. The Hall–Kier alpha value is -2.49. The molecule has 0 unspecified atom stereocenters. The Morgan fingerprint density at radius 2 is 2.19 bits per heavy atom. The number of nitrogens with zero attached hydrogens (tertiary/aromatic N) is 5. The average Bonchev–Trinajstić information content (AvgIpc) is 3.20. The number of hydrogen-bond donors (Lipinski definition) is 2. The topological polar surface area (TPSA) is 104 Å². The quantitative estimate of drug-likeness (QED) is 0.697. The van der Waals surface area contributed by atoms with Crippen molar-refractivity contribution >= 4 is 5.91 Å². The fourth-order valence-electron chi connectivity index (χ4n) is 4.08. The molecule has 1 aromatic heterocycles. The molecule has 0 spiro atoms. The van der Waals surface area contributed by atoms with E-state index in [4.69, 9.17) is 4.74 Å². The zero-order valence-corrected chi connectivity index (χ0v) is 19.2. The van der Waals surface area contributed by atoms with Gasteiger partial charge in [0.15, 0.2) is 0 Å². The summed E-state index contributed by atoms with van der Waals surface area (Å²) in [7, 11) is 2.02. The number of likely N-dealkylation sites (N-methyl/N-ethyl adjacent to an activating group) is 1. The molecule has 0 radical (unpaired) electrons. The highest BCUT2D eigenvalue weighted by molar-refractivity contribution is 5.76. The van der Waals surface area contributed by atoms with E-state index in [2.05, 4.69) is 22.1 Å². The van der Waals surface area contributed by atoms with Gasteiger partial charge in [-0.2, -0.15) is 0 Å². The highest BCUT2D eigenvalue weighted by atomic mass is 16.5. The first kappa shape index (κ1) is 24.2. The van der Waals surface area contributed by atoms with Crippen LogP contribution in [0.5, 0.6) is 5.75 Å². The van der Waals surface area contributed by atoms with Crippen LogP contribution in [0.4, 0.5) is 0 Å². The maximum absolute atomic E-state index is 12.9. The van der Waals surface area contributed by atoms with E-state index < -0.39 is 0 Å². The van der Waals surface area contributed by atoms with Crippen LogP contribution < -0.4 is 0 Å². The first-order chi connectivity index (χ1) is 15.4. The number of aromatic nitrogens is 3. The third kappa shape index (κ3) is 6.51. The number of hydrogen-bond acceptors (Lipinski definition) is 7. The lowest BCUT2D eigenvalue weighted by molar-refractivity contribution is -0.136. The van der Waals surface area contributed by atoms with Crippen molar-refractivity contribution in [2.24, 2.45) is 5.92 Å². The van der Waals surface area contributed by atoms with E-state index in [1.165, 1.54) is 0 Å². The summed E-state index contributed by atoms with van der Waals surface area (Å²) in [5, 5.41) is 27.6. The summed E-state index contributed by atoms with van der Waals surface area (Å²) in [6.07, 6.45) is 2.63. The van der Waals surface area contributed by atoms with Crippen molar-refractivity contribution in [2.75, 3.05) is 26.7 Å². The van der Waals surface area contributed by atoms with Crippen molar-refractivity contribution in [1.29, 1.82) is 0 Å². The Kier molecular flexibility index (Phi) is 8.60. The van der Waals surface area contributed by atoms with E-state index in [0.717, 1.165) is 11.3 Å². The van der Waals surface area contributed by atoms with Gasteiger partial charge in [0.25, 0.3) is 0 Å². The number of carbonyl (C=O) groups is 1. The molecule has 0 aliphatic carbocycles. The van der Waals surface area contributed by atoms with Crippen LogP contribution in [-0.2, 0) is 29.2 Å². The van der Waals surface area contributed by atoms with Crippen molar-refractivity contribution in [2.45, 2.75) is 58.5 Å². The molecule has 0 saturated carbocycles. The number of aromatic hydroxyl groups is 1. The molecule has 32 heavy (non-hydrogen) atoms. The van der Waals surface area contributed by atoms with E-state index in [1.54, 1.807) is 27.9 Å². The lowest BCUT2D eigenvalue weighted by Gasteiger charge is -2.35. The Balaban J connectivity index is 1.77. The number of aliphatic hydroxyl groups is 1. The Labute approximate surface area is 189 Å². The maximum Gasteiger partial charge on any atom is 0.222 e. The Morgan fingerprint density at radius 3 is 2.94 bits per heavy atom. The zero-order chi connectivity index (χ0) is 23.1. The molecule has 0 bridgehead atoms. The van der Waals surface area contributed by atoms with Gasteiger partial charge in [-0.3, -0.25) is 9.69 Å². The number of benzene rings is 1. The summed E-state index contributed by atoms with van der Waals surface area (Å²) in [5.74, 6) is 0.329. The third-order valence-corrected chi connectivity index (χ3v) is 5.99. The van der Waals surface area contributed by atoms with Gasteiger partial charge in [0.1, 0.15) is 5.75 Å². The minimum absolute atomic E-state index is 0.0347. The Morgan fingerprint density at radius 1 is 1.38 bits per heavy atom. The highest BCUT2D eigenvalue weighted by Crippen LogP contribution is 2.19. The molecule has 1 aromatic carbocycles. The molecule has 9 nitrogen and oxygen atoms in total. The summed E-state index contributed by atoms with van der Waals surface area (Å²) < 4.78 is 8.15. The number of fused-ring (bicyclic) bond motifs is 1. The van der Waals surface area contributed by atoms with Crippen molar-refractivity contribution in [3.05, 3.63) is 41.7 Å².